The van der Waals surface area contributed by atoms with E-state index in [4.69, 9.17) is 0 Å². The van der Waals surface area contributed by atoms with Crippen molar-refractivity contribution in [2.75, 3.05) is 20.1 Å². The Kier molecular flexibility index (Phi) is 8.48. The molecule has 0 bridgehead atoms. The minimum atomic E-state index is 0.174. The summed E-state index contributed by atoms with van der Waals surface area (Å²) in [4.78, 5) is 1.37. The predicted octanol–water partition coefficient (Wildman–Crippen LogP) is 6.76. The van der Waals surface area contributed by atoms with Gasteiger partial charge in [-0.1, -0.05) is 54.0 Å². The van der Waals surface area contributed by atoms with Crippen LogP contribution in [0, 0.1) is 11.8 Å². The second-order valence-corrected chi connectivity index (χ2v) is 11.8. The Bertz CT molecular complexity index is 811. The van der Waals surface area contributed by atoms with E-state index in [0.717, 1.165) is 29.9 Å². The van der Waals surface area contributed by atoms with Gasteiger partial charge in [0.1, 0.15) is 0 Å². The number of nitrogens with one attached hydrogen (secondary N) is 1. The summed E-state index contributed by atoms with van der Waals surface area (Å²) in [5.41, 5.74) is 4.70. The first-order chi connectivity index (χ1) is 14.3. The summed E-state index contributed by atoms with van der Waals surface area (Å²) < 4.78 is 3.55. The maximum absolute atomic E-state index is 3.87. The minimum Gasteiger partial charge on any atom is -0.311 e. The molecule has 0 heterocycles. The van der Waals surface area contributed by atoms with E-state index in [9.17, 15) is 0 Å². The van der Waals surface area contributed by atoms with Crippen molar-refractivity contribution < 1.29 is 0 Å². The van der Waals surface area contributed by atoms with E-state index in [-0.39, 0.29) is 5.54 Å². The van der Waals surface area contributed by atoms with Crippen LogP contribution in [0.1, 0.15) is 50.8 Å². The summed E-state index contributed by atoms with van der Waals surface area (Å²) in [6.07, 6.45) is 4.77. The number of hydrogen-bond acceptors (Lipinski definition) is 3. The fraction of sp³-hybridized carbons (Fsp3) is 0.538. The number of hydrogen-bond donors (Lipinski definition) is 1. The fourth-order valence-corrected chi connectivity index (χ4v) is 6.18. The molecule has 2 nitrogen and oxygen atoms in total. The van der Waals surface area contributed by atoms with Crippen molar-refractivity contribution in [2.24, 2.45) is 11.8 Å². The Labute approximate surface area is 196 Å². The van der Waals surface area contributed by atoms with Crippen molar-refractivity contribution in [3.05, 3.63) is 63.6 Å². The largest absolute Gasteiger partial charge is 0.311 e. The Morgan fingerprint density at radius 1 is 1.17 bits per heavy atom. The molecule has 2 aromatic carbocycles. The monoisotopic (exact) mass is 488 g/mol. The van der Waals surface area contributed by atoms with Crippen LogP contribution < -0.4 is 5.32 Å². The summed E-state index contributed by atoms with van der Waals surface area (Å²) in [6.45, 7) is 11.4. The summed E-state index contributed by atoms with van der Waals surface area (Å²) in [6, 6.07) is 15.6. The third-order valence-electron chi connectivity index (χ3n) is 6.09. The highest BCUT2D eigenvalue weighted by Crippen LogP contribution is 2.32. The molecule has 1 N–H and O–H groups in total. The average Bonchev–Trinajstić information content (AvgIpc) is 3.09. The lowest BCUT2D eigenvalue weighted by atomic mass is 9.88. The van der Waals surface area contributed by atoms with Crippen molar-refractivity contribution in [2.45, 2.75) is 63.8 Å². The zero-order valence-electron chi connectivity index (χ0n) is 19.2. The first-order valence-corrected chi connectivity index (χ1v) is 12.8. The highest BCUT2D eigenvalue weighted by molar-refractivity contribution is 9.10. The standard InChI is InChI=1S/C26H37BrN2S/c1-6-21-15-24(27)11-12-25(21)30-29(5)18-19(2)17-28-26(3,4)16-20-13-22-9-7-8-10-23(22)14-20/h7-12,15,19-20,28H,6,13-14,16-18H2,1-5H3. The van der Waals surface area contributed by atoms with E-state index >= 15 is 0 Å². The molecule has 1 aliphatic rings. The SMILES string of the molecule is CCc1cc(Br)ccc1SN(C)CC(C)CNC(C)(C)CC1Cc2ccccc2C1. The molecule has 0 amide bonds. The number of halogens is 1. The Morgan fingerprint density at radius 2 is 1.83 bits per heavy atom. The van der Waals surface area contributed by atoms with Crippen LogP contribution in [-0.2, 0) is 19.3 Å². The molecule has 164 valence electrons. The number of benzene rings is 2. The van der Waals surface area contributed by atoms with Crippen LogP contribution in [-0.4, -0.2) is 30.0 Å². The molecule has 2 aromatic rings. The van der Waals surface area contributed by atoms with Crippen molar-refractivity contribution >= 4 is 27.9 Å². The summed E-state index contributed by atoms with van der Waals surface area (Å²) in [5, 5.41) is 3.87. The molecular formula is C26H37BrN2S. The molecule has 0 fully saturated rings. The molecule has 1 aliphatic carbocycles. The predicted molar refractivity (Wildman–Crippen MR) is 135 cm³/mol. The van der Waals surface area contributed by atoms with Crippen LogP contribution in [0.5, 0.6) is 0 Å². The van der Waals surface area contributed by atoms with Gasteiger partial charge >= 0.3 is 0 Å². The maximum atomic E-state index is 3.87. The molecule has 0 saturated heterocycles. The molecule has 3 rings (SSSR count). The Hall–Kier alpha value is -0.810. The lowest BCUT2D eigenvalue weighted by molar-refractivity contribution is 0.278. The molecule has 1 atom stereocenters. The molecule has 4 heteroatoms. The quantitative estimate of drug-likeness (QED) is 0.371. The van der Waals surface area contributed by atoms with Crippen molar-refractivity contribution in [1.29, 1.82) is 0 Å². The summed E-state index contributed by atoms with van der Waals surface area (Å²) in [5.74, 6) is 1.37. The summed E-state index contributed by atoms with van der Waals surface area (Å²) in [7, 11) is 2.21. The summed E-state index contributed by atoms with van der Waals surface area (Å²) >= 11 is 5.46. The van der Waals surface area contributed by atoms with E-state index in [1.165, 1.54) is 29.7 Å². The number of nitrogens with zero attached hydrogens (tertiary/aromatic N) is 1. The van der Waals surface area contributed by atoms with Gasteiger partial charge in [0, 0.05) is 21.5 Å². The molecular weight excluding hydrogens is 452 g/mol. The normalized spacial score (nSPS) is 15.6. The molecule has 1 unspecified atom stereocenters. The van der Waals surface area contributed by atoms with E-state index in [2.05, 4.69) is 103 Å². The zero-order chi connectivity index (χ0) is 21.7. The van der Waals surface area contributed by atoms with E-state index in [0.29, 0.717) is 5.92 Å². The number of fused-ring (bicyclic) bond motifs is 1. The van der Waals surface area contributed by atoms with Crippen LogP contribution >= 0.6 is 27.9 Å². The first kappa shape index (κ1) is 23.8. The Balaban J connectivity index is 1.44. The van der Waals surface area contributed by atoms with Gasteiger partial charge < -0.3 is 5.32 Å². The smallest absolute Gasteiger partial charge is 0.0262 e. The highest BCUT2D eigenvalue weighted by Gasteiger charge is 2.28. The third kappa shape index (κ3) is 6.85. The molecule has 0 spiro atoms. The van der Waals surface area contributed by atoms with Gasteiger partial charge in [-0.2, -0.15) is 0 Å². The minimum absolute atomic E-state index is 0.174. The van der Waals surface area contributed by atoms with Gasteiger partial charge in [0.05, 0.1) is 0 Å². The molecule has 0 radical (unpaired) electrons. The third-order valence-corrected chi connectivity index (χ3v) is 7.64. The van der Waals surface area contributed by atoms with Crippen LogP contribution in [0.2, 0.25) is 0 Å². The van der Waals surface area contributed by atoms with Gasteiger partial charge in [0.2, 0.25) is 0 Å². The van der Waals surface area contributed by atoms with Gasteiger partial charge in [-0.3, -0.25) is 0 Å². The van der Waals surface area contributed by atoms with Crippen LogP contribution in [0.4, 0.5) is 0 Å². The fourth-order valence-electron chi connectivity index (χ4n) is 4.66. The van der Waals surface area contributed by atoms with Crippen LogP contribution in [0.15, 0.2) is 51.8 Å². The van der Waals surface area contributed by atoms with Gasteiger partial charge in [-0.15, -0.1) is 0 Å². The molecule has 0 aromatic heterocycles. The van der Waals surface area contributed by atoms with Crippen molar-refractivity contribution in [3.8, 4) is 0 Å². The molecule has 0 aliphatic heterocycles. The maximum Gasteiger partial charge on any atom is 0.0262 e. The highest BCUT2D eigenvalue weighted by atomic mass is 79.9. The van der Waals surface area contributed by atoms with Gasteiger partial charge in [-0.25, -0.2) is 4.31 Å². The van der Waals surface area contributed by atoms with Crippen molar-refractivity contribution in [1.82, 2.24) is 9.62 Å². The molecule has 30 heavy (non-hydrogen) atoms. The van der Waals surface area contributed by atoms with E-state index < -0.39 is 0 Å². The second-order valence-electron chi connectivity index (χ2n) is 9.62. The second kappa shape index (κ2) is 10.7. The molecule has 0 saturated carbocycles. The van der Waals surface area contributed by atoms with Crippen LogP contribution in [0.25, 0.3) is 0 Å². The van der Waals surface area contributed by atoms with Gasteiger partial charge in [0.25, 0.3) is 0 Å². The number of aryl methyl sites for hydroxylation is 1. The average molecular weight is 490 g/mol. The van der Waals surface area contributed by atoms with Crippen molar-refractivity contribution in [3.63, 3.8) is 0 Å². The van der Waals surface area contributed by atoms with Gasteiger partial charge in [-0.05, 0) is 112 Å². The zero-order valence-corrected chi connectivity index (χ0v) is 21.6. The first-order valence-electron chi connectivity index (χ1n) is 11.2. The topological polar surface area (TPSA) is 15.3 Å². The lowest BCUT2D eigenvalue weighted by Crippen LogP contribution is -2.44. The van der Waals surface area contributed by atoms with Gasteiger partial charge in [0.15, 0.2) is 0 Å². The van der Waals surface area contributed by atoms with E-state index in [1.807, 2.05) is 11.9 Å². The van der Waals surface area contributed by atoms with Crippen LogP contribution in [0.3, 0.4) is 0 Å². The Morgan fingerprint density at radius 3 is 2.47 bits per heavy atom. The number of rotatable bonds is 10. The van der Waals surface area contributed by atoms with E-state index in [1.54, 1.807) is 11.1 Å². The lowest BCUT2D eigenvalue weighted by Gasteiger charge is -2.31.